The summed E-state index contributed by atoms with van der Waals surface area (Å²) in [4.78, 5) is 3.23. The van der Waals surface area contributed by atoms with Crippen LogP contribution in [0.5, 0.6) is 0 Å². The molecule has 0 radical (unpaired) electrons. The van der Waals surface area contributed by atoms with Crippen molar-refractivity contribution in [1.82, 2.24) is 4.98 Å². The van der Waals surface area contributed by atoms with E-state index in [1.165, 1.54) is 10.9 Å². The van der Waals surface area contributed by atoms with Gasteiger partial charge in [0.05, 0.1) is 4.60 Å². The van der Waals surface area contributed by atoms with E-state index in [4.69, 9.17) is 5.73 Å². The molecule has 1 aromatic carbocycles. The van der Waals surface area contributed by atoms with Gasteiger partial charge in [0, 0.05) is 10.9 Å². The topological polar surface area (TPSA) is 41.8 Å². The van der Waals surface area contributed by atoms with Crippen molar-refractivity contribution in [2.45, 2.75) is 6.42 Å². The summed E-state index contributed by atoms with van der Waals surface area (Å²) in [5.41, 5.74) is 7.94. The highest BCUT2D eigenvalue weighted by Gasteiger charge is 1.98. The summed E-state index contributed by atoms with van der Waals surface area (Å²) in [6, 6.07) is 8.45. The van der Waals surface area contributed by atoms with Crippen molar-refractivity contribution in [1.29, 1.82) is 0 Å². The van der Waals surface area contributed by atoms with E-state index < -0.39 is 0 Å². The second-order valence-electron chi connectivity index (χ2n) is 3.08. The molecule has 0 atom stereocenters. The van der Waals surface area contributed by atoms with Crippen molar-refractivity contribution in [3.8, 4) is 0 Å². The van der Waals surface area contributed by atoms with Crippen LogP contribution in [0.1, 0.15) is 5.56 Å². The van der Waals surface area contributed by atoms with E-state index in [2.05, 4.69) is 45.2 Å². The van der Waals surface area contributed by atoms with E-state index in [0.717, 1.165) is 16.5 Å². The molecule has 2 rings (SSSR count). The Morgan fingerprint density at radius 1 is 1.31 bits per heavy atom. The van der Waals surface area contributed by atoms with E-state index in [1.54, 1.807) is 0 Å². The van der Waals surface area contributed by atoms with E-state index in [-0.39, 0.29) is 0 Å². The van der Waals surface area contributed by atoms with Crippen LogP contribution >= 0.6 is 15.9 Å². The van der Waals surface area contributed by atoms with Gasteiger partial charge in [0.25, 0.3) is 0 Å². The number of H-pyrrole nitrogens is 1. The number of hydrogen-bond acceptors (Lipinski definition) is 1. The highest BCUT2D eigenvalue weighted by atomic mass is 79.9. The first kappa shape index (κ1) is 8.78. The Morgan fingerprint density at radius 2 is 2.15 bits per heavy atom. The molecule has 0 unspecified atom stereocenters. The minimum Gasteiger partial charge on any atom is -0.349 e. The summed E-state index contributed by atoms with van der Waals surface area (Å²) in [7, 11) is 0. The van der Waals surface area contributed by atoms with Crippen LogP contribution < -0.4 is 5.73 Å². The lowest BCUT2D eigenvalue weighted by atomic mass is 10.1. The van der Waals surface area contributed by atoms with Gasteiger partial charge in [-0.2, -0.15) is 0 Å². The van der Waals surface area contributed by atoms with Gasteiger partial charge in [0.2, 0.25) is 0 Å². The van der Waals surface area contributed by atoms with Crippen molar-refractivity contribution >= 4 is 26.8 Å². The number of fused-ring (bicyclic) bond motifs is 1. The van der Waals surface area contributed by atoms with Gasteiger partial charge in [-0.15, -0.1) is 0 Å². The van der Waals surface area contributed by atoms with E-state index in [0.29, 0.717) is 6.54 Å². The lowest BCUT2D eigenvalue weighted by Gasteiger charge is -1.97. The molecule has 68 valence electrons. The maximum absolute atomic E-state index is 5.49. The third kappa shape index (κ3) is 1.76. The Labute approximate surface area is 85.3 Å². The second-order valence-corrected chi connectivity index (χ2v) is 3.93. The van der Waals surface area contributed by atoms with Gasteiger partial charge < -0.3 is 10.7 Å². The second kappa shape index (κ2) is 3.52. The number of aromatic amines is 1. The Kier molecular flexibility index (Phi) is 2.38. The Bertz CT molecular complexity index is 420. The summed E-state index contributed by atoms with van der Waals surface area (Å²) in [5.74, 6) is 0. The first-order valence-corrected chi connectivity index (χ1v) is 5.06. The molecule has 0 aliphatic rings. The summed E-state index contributed by atoms with van der Waals surface area (Å²) < 4.78 is 1.02. The molecule has 1 heterocycles. The first-order chi connectivity index (χ1) is 6.29. The van der Waals surface area contributed by atoms with Gasteiger partial charge in [0.1, 0.15) is 0 Å². The SMILES string of the molecule is NCCc1ccc2cc(Br)[nH]c2c1. The molecular formula is C10H11BrN2. The number of rotatable bonds is 2. The Hall–Kier alpha value is -0.800. The van der Waals surface area contributed by atoms with Crippen LogP contribution in [0.4, 0.5) is 0 Å². The van der Waals surface area contributed by atoms with Crippen LogP contribution in [0.2, 0.25) is 0 Å². The predicted octanol–water partition coefficient (Wildman–Crippen LogP) is 2.43. The Balaban J connectivity index is 2.48. The zero-order chi connectivity index (χ0) is 9.26. The van der Waals surface area contributed by atoms with Gasteiger partial charge in [0.15, 0.2) is 0 Å². The van der Waals surface area contributed by atoms with Crippen LogP contribution in [-0.2, 0) is 6.42 Å². The van der Waals surface area contributed by atoms with E-state index in [1.807, 2.05) is 0 Å². The molecule has 1 aromatic heterocycles. The summed E-state index contributed by atoms with van der Waals surface area (Å²) in [5, 5.41) is 1.23. The van der Waals surface area contributed by atoms with Crippen LogP contribution in [0.3, 0.4) is 0 Å². The molecule has 0 saturated heterocycles. The fourth-order valence-corrected chi connectivity index (χ4v) is 1.92. The van der Waals surface area contributed by atoms with Crippen LogP contribution in [0.15, 0.2) is 28.9 Å². The lowest BCUT2D eigenvalue weighted by Crippen LogP contribution is -2.02. The number of halogens is 1. The zero-order valence-electron chi connectivity index (χ0n) is 7.18. The quantitative estimate of drug-likeness (QED) is 0.830. The van der Waals surface area contributed by atoms with Crippen LogP contribution in [0, 0.1) is 0 Å². The molecule has 2 aromatic rings. The van der Waals surface area contributed by atoms with E-state index >= 15 is 0 Å². The standard InChI is InChI=1S/C10H11BrN2/c11-10-6-8-2-1-7(3-4-12)5-9(8)13-10/h1-2,5-6,13H,3-4,12H2. The number of hydrogen-bond donors (Lipinski definition) is 2. The van der Waals surface area contributed by atoms with Crippen LogP contribution in [0.25, 0.3) is 10.9 Å². The Morgan fingerprint density at radius 3 is 2.92 bits per heavy atom. The maximum atomic E-state index is 5.49. The smallest absolute Gasteiger partial charge is 0.0830 e. The molecule has 0 amide bonds. The van der Waals surface area contributed by atoms with Crippen LogP contribution in [-0.4, -0.2) is 11.5 Å². The summed E-state index contributed by atoms with van der Waals surface area (Å²) in [6.07, 6.45) is 0.937. The third-order valence-electron chi connectivity index (χ3n) is 2.09. The van der Waals surface area contributed by atoms with Gasteiger partial charge in [-0.05, 0) is 46.6 Å². The largest absolute Gasteiger partial charge is 0.349 e. The molecule has 2 nitrogen and oxygen atoms in total. The minimum absolute atomic E-state index is 0.702. The molecule has 0 spiro atoms. The molecule has 0 bridgehead atoms. The normalized spacial score (nSPS) is 10.9. The van der Waals surface area contributed by atoms with Gasteiger partial charge in [-0.3, -0.25) is 0 Å². The zero-order valence-corrected chi connectivity index (χ0v) is 8.76. The van der Waals surface area contributed by atoms with Gasteiger partial charge in [-0.1, -0.05) is 12.1 Å². The summed E-state index contributed by atoms with van der Waals surface area (Å²) >= 11 is 3.41. The summed E-state index contributed by atoms with van der Waals surface area (Å²) in [6.45, 7) is 0.702. The number of nitrogens with one attached hydrogen (secondary N) is 1. The number of benzene rings is 1. The molecule has 0 aliphatic carbocycles. The molecule has 13 heavy (non-hydrogen) atoms. The van der Waals surface area contributed by atoms with Crippen molar-refractivity contribution < 1.29 is 0 Å². The molecule has 3 heteroatoms. The number of nitrogens with two attached hydrogens (primary N) is 1. The highest BCUT2D eigenvalue weighted by Crippen LogP contribution is 2.20. The van der Waals surface area contributed by atoms with Crippen molar-refractivity contribution in [3.05, 3.63) is 34.4 Å². The minimum atomic E-state index is 0.702. The third-order valence-corrected chi connectivity index (χ3v) is 2.51. The fraction of sp³-hybridized carbons (Fsp3) is 0.200. The first-order valence-electron chi connectivity index (χ1n) is 4.27. The average molecular weight is 239 g/mol. The predicted molar refractivity (Wildman–Crippen MR) is 58.8 cm³/mol. The van der Waals surface area contributed by atoms with E-state index in [9.17, 15) is 0 Å². The van der Waals surface area contributed by atoms with Crippen molar-refractivity contribution in [2.24, 2.45) is 5.73 Å². The lowest BCUT2D eigenvalue weighted by molar-refractivity contribution is 0.970. The number of aromatic nitrogens is 1. The molecule has 0 saturated carbocycles. The fourth-order valence-electron chi connectivity index (χ4n) is 1.46. The molecule has 0 aliphatic heterocycles. The van der Waals surface area contributed by atoms with Gasteiger partial charge >= 0.3 is 0 Å². The van der Waals surface area contributed by atoms with Gasteiger partial charge in [-0.25, -0.2) is 0 Å². The van der Waals surface area contributed by atoms with Crippen molar-refractivity contribution in [3.63, 3.8) is 0 Å². The highest BCUT2D eigenvalue weighted by molar-refractivity contribution is 9.10. The maximum Gasteiger partial charge on any atom is 0.0830 e. The monoisotopic (exact) mass is 238 g/mol. The molecule has 3 N–H and O–H groups in total. The van der Waals surface area contributed by atoms with Crippen molar-refractivity contribution in [2.75, 3.05) is 6.54 Å². The molecule has 0 fully saturated rings. The average Bonchev–Trinajstić information content (AvgIpc) is 2.44. The molecular weight excluding hydrogens is 228 g/mol.